The lowest BCUT2D eigenvalue weighted by Crippen LogP contribution is -2.41. The molecule has 0 aromatic heterocycles. The van der Waals surface area contributed by atoms with Crippen molar-refractivity contribution < 1.29 is 17.9 Å². The minimum Gasteiger partial charge on any atom is -0.379 e. The number of carbonyl (C=O) groups is 1. The predicted octanol–water partition coefficient (Wildman–Crippen LogP) is 3.55. The van der Waals surface area contributed by atoms with Crippen LogP contribution in [0.25, 0.3) is 0 Å². The summed E-state index contributed by atoms with van der Waals surface area (Å²) in [6.45, 7) is 1.59. The van der Waals surface area contributed by atoms with Crippen LogP contribution in [-0.4, -0.2) is 44.9 Å². The van der Waals surface area contributed by atoms with Gasteiger partial charge in [0.15, 0.2) is 0 Å². The average Bonchev–Trinajstić information content (AvgIpc) is 2.88. The van der Waals surface area contributed by atoms with Gasteiger partial charge in [-0.25, -0.2) is 8.42 Å². The van der Waals surface area contributed by atoms with Crippen molar-refractivity contribution in [2.75, 3.05) is 26.3 Å². The lowest BCUT2D eigenvalue weighted by Gasteiger charge is -2.27. The van der Waals surface area contributed by atoms with Crippen molar-refractivity contribution in [3.05, 3.63) is 102 Å². The molecule has 0 atom stereocenters. The quantitative estimate of drug-likeness (QED) is 0.553. The van der Waals surface area contributed by atoms with E-state index < -0.39 is 10.0 Å². The maximum atomic E-state index is 13.2. The molecule has 6 nitrogen and oxygen atoms in total. The second kappa shape index (κ2) is 10.7. The summed E-state index contributed by atoms with van der Waals surface area (Å²) < 4.78 is 33.0. The molecular weight excluding hydrogens is 436 g/mol. The molecule has 0 unspecified atom stereocenters. The number of benzene rings is 3. The molecule has 4 rings (SSSR count). The number of nitrogens with one attached hydrogen (secondary N) is 1. The van der Waals surface area contributed by atoms with Gasteiger partial charge in [0.05, 0.1) is 18.1 Å². The number of rotatable bonds is 8. The van der Waals surface area contributed by atoms with Gasteiger partial charge < -0.3 is 10.1 Å². The molecule has 1 N–H and O–H groups in total. The molecule has 33 heavy (non-hydrogen) atoms. The average molecular weight is 465 g/mol. The fraction of sp³-hybridized carbons (Fsp3) is 0.269. The van der Waals surface area contributed by atoms with E-state index in [1.54, 1.807) is 24.3 Å². The van der Waals surface area contributed by atoms with Crippen molar-refractivity contribution in [1.29, 1.82) is 0 Å². The van der Waals surface area contributed by atoms with Crippen LogP contribution in [0.1, 0.15) is 29.0 Å². The number of carbonyl (C=O) groups excluding carboxylic acids is 1. The number of nitrogens with zero attached hydrogens (tertiary/aromatic N) is 1. The first-order valence-electron chi connectivity index (χ1n) is 11.1. The molecule has 0 spiro atoms. The van der Waals surface area contributed by atoms with Gasteiger partial charge in [-0.05, 0) is 22.8 Å². The summed E-state index contributed by atoms with van der Waals surface area (Å²) in [5, 5.41) is 2.94. The van der Waals surface area contributed by atoms with Gasteiger partial charge in [-0.2, -0.15) is 4.31 Å². The first-order valence-corrected chi connectivity index (χ1v) is 12.5. The van der Waals surface area contributed by atoms with E-state index in [-0.39, 0.29) is 29.7 Å². The monoisotopic (exact) mass is 464 g/mol. The summed E-state index contributed by atoms with van der Waals surface area (Å²) in [6.07, 6.45) is 0.270. The first-order chi connectivity index (χ1) is 16.1. The molecule has 1 heterocycles. The molecule has 0 aliphatic carbocycles. The normalized spacial score (nSPS) is 14.8. The van der Waals surface area contributed by atoms with Crippen molar-refractivity contribution in [2.24, 2.45) is 0 Å². The zero-order chi connectivity index (χ0) is 23.1. The second-order valence-corrected chi connectivity index (χ2v) is 9.89. The highest BCUT2D eigenvalue weighted by Crippen LogP contribution is 2.28. The van der Waals surface area contributed by atoms with E-state index in [0.717, 1.165) is 11.1 Å². The molecule has 3 aromatic rings. The number of morpholine rings is 1. The second-order valence-electron chi connectivity index (χ2n) is 7.98. The number of ether oxygens (including phenoxy) is 1. The number of hydrogen-bond donors (Lipinski definition) is 1. The van der Waals surface area contributed by atoms with E-state index in [1.165, 1.54) is 4.31 Å². The van der Waals surface area contributed by atoms with Crippen molar-refractivity contribution in [3.8, 4) is 0 Å². The summed E-state index contributed by atoms with van der Waals surface area (Å²) in [7, 11) is -3.65. The lowest BCUT2D eigenvalue weighted by molar-refractivity contribution is -0.121. The van der Waals surface area contributed by atoms with Gasteiger partial charge in [-0.3, -0.25) is 4.79 Å². The van der Waals surface area contributed by atoms with E-state index in [9.17, 15) is 13.2 Å². The molecule has 172 valence electrons. The third-order valence-electron chi connectivity index (χ3n) is 5.83. The van der Waals surface area contributed by atoms with Gasteiger partial charge in [0.25, 0.3) is 0 Å². The number of sulfonamides is 1. The fourth-order valence-corrected chi connectivity index (χ4v) is 5.71. The molecule has 1 amide bonds. The van der Waals surface area contributed by atoms with Crippen LogP contribution in [0.2, 0.25) is 0 Å². The zero-order valence-electron chi connectivity index (χ0n) is 18.4. The fourth-order valence-electron chi connectivity index (χ4n) is 4.08. The highest BCUT2D eigenvalue weighted by atomic mass is 32.2. The molecule has 1 saturated heterocycles. The SMILES string of the molecule is O=C(CC(c1ccccc1)c1ccccc1)NCc1ccccc1S(=O)(=O)N1CCOCC1. The topological polar surface area (TPSA) is 75.7 Å². The summed E-state index contributed by atoms with van der Waals surface area (Å²) in [4.78, 5) is 13.2. The minimum atomic E-state index is -3.65. The minimum absolute atomic E-state index is 0.0836. The van der Waals surface area contributed by atoms with Gasteiger partial charge in [0.2, 0.25) is 15.9 Å². The highest BCUT2D eigenvalue weighted by Gasteiger charge is 2.28. The number of hydrogen-bond acceptors (Lipinski definition) is 4. The Labute approximate surface area is 195 Å². The van der Waals surface area contributed by atoms with Crippen molar-refractivity contribution in [3.63, 3.8) is 0 Å². The van der Waals surface area contributed by atoms with Crippen LogP contribution in [0, 0.1) is 0 Å². The van der Waals surface area contributed by atoms with Crippen LogP contribution in [0.3, 0.4) is 0 Å². The smallest absolute Gasteiger partial charge is 0.243 e. The summed E-state index contributed by atoms with van der Waals surface area (Å²) >= 11 is 0. The maximum Gasteiger partial charge on any atom is 0.243 e. The van der Waals surface area contributed by atoms with Gasteiger partial charge in [0.1, 0.15) is 0 Å². The molecule has 0 bridgehead atoms. The van der Waals surface area contributed by atoms with Gasteiger partial charge in [-0.15, -0.1) is 0 Å². The predicted molar refractivity (Wildman–Crippen MR) is 127 cm³/mol. The van der Waals surface area contributed by atoms with Crippen LogP contribution >= 0.6 is 0 Å². The molecule has 1 aliphatic rings. The highest BCUT2D eigenvalue weighted by molar-refractivity contribution is 7.89. The van der Waals surface area contributed by atoms with Crippen LogP contribution in [0.4, 0.5) is 0 Å². The standard InChI is InChI=1S/C26H28N2O4S/c29-26(19-24(21-9-3-1-4-10-21)22-11-5-2-6-12-22)27-20-23-13-7-8-14-25(23)33(30,31)28-15-17-32-18-16-28/h1-14,24H,15-20H2,(H,27,29). The zero-order valence-corrected chi connectivity index (χ0v) is 19.2. The molecule has 0 saturated carbocycles. The van der Waals surface area contributed by atoms with E-state index in [2.05, 4.69) is 5.32 Å². The summed E-state index contributed by atoms with van der Waals surface area (Å²) in [5.74, 6) is -0.217. The number of amides is 1. The largest absolute Gasteiger partial charge is 0.379 e. The first kappa shape index (κ1) is 23.2. The Bertz CT molecular complexity index is 1120. The molecule has 0 radical (unpaired) electrons. The van der Waals surface area contributed by atoms with Gasteiger partial charge >= 0.3 is 0 Å². The van der Waals surface area contributed by atoms with E-state index in [1.807, 2.05) is 60.7 Å². The Balaban J connectivity index is 1.49. The van der Waals surface area contributed by atoms with Crippen molar-refractivity contribution >= 4 is 15.9 Å². The van der Waals surface area contributed by atoms with E-state index in [0.29, 0.717) is 31.9 Å². The van der Waals surface area contributed by atoms with Crippen molar-refractivity contribution in [1.82, 2.24) is 9.62 Å². The molecular formula is C26H28N2O4S. The summed E-state index contributed by atoms with van der Waals surface area (Å²) in [5.41, 5.74) is 2.71. The Morgan fingerprint density at radius 1 is 0.848 bits per heavy atom. The van der Waals surface area contributed by atoms with Crippen LogP contribution in [-0.2, 0) is 26.1 Å². The molecule has 7 heteroatoms. The third kappa shape index (κ3) is 5.68. The Morgan fingerprint density at radius 3 is 2.00 bits per heavy atom. The van der Waals surface area contributed by atoms with Crippen LogP contribution in [0.5, 0.6) is 0 Å². The molecule has 3 aromatic carbocycles. The van der Waals surface area contributed by atoms with E-state index in [4.69, 9.17) is 4.74 Å². The maximum absolute atomic E-state index is 13.2. The van der Waals surface area contributed by atoms with Crippen LogP contribution in [0.15, 0.2) is 89.8 Å². The Morgan fingerprint density at radius 2 is 1.39 bits per heavy atom. The van der Waals surface area contributed by atoms with Crippen molar-refractivity contribution in [2.45, 2.75) is 23.8 Å². The third-order valence-corrected chi connectivity index (χ3v) is 7.83. The van der Waals surface area contributed by atoms with Crippen LogP contribution < -0.4 is 5.32 Å². The Hall–Kier alpha value is -3.00. The summed E-state index contributed by atoms with van der Waals surface area (Å²) in [6, 6.07) is 26.7. The van der Waals surface area contributed by atoms with Gasteiger partial charge in [-0.1, -0.05) is 78.9 Å². The molecule has 1 aliphatic heterocycles. The van der Waals surface area contributed by atoms with Gasteiger partial charge in [0, 0.05) is 32.0 Å². The molecule has 1 fully saturated rings. The Kier molecular flexibility index (Phi) is 7.54. The van der Waals surface area contributed by atoms with E-state index >= 15 is 0 Å². The lowest BCUT2D eigenvalue weighted by atomic mass is 9.88.